The minimum absolute atomic E-state index is 0.0279. The SMILES string of the molecule is CC1CN2c3ccc(S(C)(=O)=O)cc3CC3(C(=O)NC(=O)NC3=O)C2C(C)O1. The molecule has 3 unspecified atom stereocenters. The summed E-state index contributed by atoms with van der Waals surface area (Å²) in [6.07, 6.45) is 0.462. The zero-order valence-electron chi connectivity index (χ0n) is 15.7. The van der Waals surface area contributed by atoms with Gasteiger partial charge in [-0.3, -0.25) is 20.2 Å². The Kier molecular flexibility index (Phi) is 4.06. The van der Waals surface area contributed by atoms with Crippen LogP contribution in [0, 0.1) is 5.41 Å². The number of nitrogens with one attached hydrogen (secondary N) is 2. The molecule has 4 rings (SSSR count). The third kappa shape index (κ3) is 2.62. The highest BCUT2D eigenvalue weighted by Gasteiger charge is 2.62. The number of barbiturate groups is 1. The summed E-state index contributed by atoms with van der Waals surface area (Å²) in [5.74, 6) is -1.40. The van der Waals surface area contributed by atoms with E-state index in [0.29, 0.717) is 12.1 Å². The molecular weight excluding hydrogens is 386 g/mol. The van der Waals surface area contributed by atoms with E-state index in [1.807, 2.05) is 11.8 Å². The second-order valence-corrected chi connectivity index (χ2v) is 9.71. The van der Waals surface area contributed by atoms with Crippen LogP contribution < -0.4 is 15.5 Å². The van der Waals surface area contributed by atoms with Gasteiger partial charge in [-0.05, 0) is 44.0 Å². The zero-order valence-corrected chi connectivity index (χ0v) is 16.5. The maximum atomic E-state index is 13.0. The van der Waals surface area contributed by atoms with Crippen molar-refractivity contribution in [3.05, 3.63) is 23.8 Å². The Hall–Kier alpha value is -2.46. The Morgan fingerprint density at radius 2 is 1.79 bits per heavy atom. The second-order valence-electron chi connectivity index (χ2n) is 7.70. The summed E-state index contributed by atoms with van der Waals surface area (Å²) in [6, 6.07) is 3.25. The van der Waals surface area contributed by atoms with E-state index >= 15 is 0 Å². The molecule has 3 aliphatic heterocycles. The number of hydrogen-bond donors (Lipinski definition) is 2. The summed E-state index contributed by atoms with van der Waals surface area (Å²) in [4.78, 5) is 39.6. The van der Waals surface area contributed by atoms with Crippen molar-refractivity contribution < 1.29 is 27.5 Å². The van der Waals surface area contributed by atoms with Gasteiger partial charge in [0.15, 0.2) is 15.3 Å². The highest BCUT2D eigenvalue weighted by molar-refractivity contribution is 7.90. The number of morpholine rings is 1. The number of sulfone groups is 1. The Labute approximate surface area is 162 Å². The van der Waals surface area contributed by atoms with E-state index in [0.717, 1.165) is 11.9 Å². The lowest BCUT2D eigenvalue weighted by Gasteiger charge is -2.55. The van der Waals surface area contributed by atoms with Gasteiger partial charge < -0.3 is 9.64 Å². The molecule has 3 heterocycles. The summed E-state index contributed by atoms with van der Waals surface area (Å²) in [5.41, 5.74) is -0.265. The molecule has 2 fully saturated rings. The molecule has 0 aliphatic carbocycles. The number of rotatable bonds is 1. The molecule has 0 aromatic heterocycles. The van der Waals surface area contributed by atoms with Gasteiger partial charge in [-0.2, -0.15) is 0 Å². The predicted molar refractivity (Wildman–Crippen MR) is 98.5 cm³/mol. The fourth-order valence-electron chi connectivity index (χ4n) is 4.65. The highest BCUT2D eigenvalue weighted by atomic mass is 32.2. The number of hydrogen-bond acceptors (Lipinski definition) is 7. The molecule has 28 heavy (non-hydrogen) atoms. The van der Waals surface area contributed by atoms with Gasteiger partial charge in [0.1, 0.15) is 0 Å². The molecule has 10 heteroatoms. The van der Waals surface area contributed by atoms with Crippen molar-refractivity contribution in [2.75, 3.05) is 17.7 Å². The van der Waals surface area contributed by atoms with E-state index in [4.69, 9.17) is 4.74 Å². The van der Waals surface area contributed by atoms with Gasteiger partial charge in [-0.25, -0.2) is 13.2 Å². The number of nitrogens with zero attached hydrogens (tertiary/aromatic N) is 1. The molecule has 1 spiro atoms. The molecule has 150 valence electrons. The zero-order chi connectivity index (χ0) is 20.4. The number of urea groups is 1. The number of anilines is 1. The maximum Gasteiger partial charge on any atom is 0.328 e. The molecule has 9 nitrogen and oxygen atoms in total. The van der Waals surface area contributed by atoms with Crippen molar-refractivity contribution in [3.8, 4) is 0 Å². The monoisotopic (exact) mass is 407 g/mol. The molecular formula is C18H21N3O6S. The molecule has 3 aliphatic rings. The van der Waals surface area contributed by atoms with Crippen molar-refractivity contribution in [2.24, 2.45) is 5.41 Å². The predicted octanol–water partition coefficient (Wildman–Crippen LogP) is -0.0192. The third-order valence-electron chi connectivity index (χ3n) is 5.71. The van der Waals surface area contributed by atoms with Crippen molar-refractivity contribution in [1.29, 1.82) is 0 Å². The van der Waals surface area contributed by atoms with Crippen molar-refractivity contribution in [3.63, 3.8) is 0 Å². The standard InChI is InChI=1S/C18H21N3O6S/c1-9-8-21-13-5-4-12(28(3,25)26)6-11(13)7-18(14(21)10(2)27-9)15(22)19-17(24)20-16(18)23/h4-6,9-10,14H,7-8H2,1-3H3,(H2,19,20,22,23,24). The fraction of sp³-hybridized carbons (Fsp3) is 0.500. The lowest BCUT2D eigenvalue weighted by atomic mass is 9.66. The summed E-state index contributed by atoms with van der Waals surface area (Å²) in [5, 5.41) is 4.40. The quantitative estimate of drug-likeness (QED) is 0.628. The minimum atomic E-state index is -3.46. The number of carbonyl (C=O) groups is 3. The molecule has 0 bridgehead atoms. The first kappa shape index (κ1) is 18.9. The number of benzene rings is 1. The van der Waals surface area contributed by atoms with Gasteiger partial charge in [0, 0.05) is 18.5 Å². The molecule has 1 aromatic rings. The van der Waals surface area contributed by atoms with E-state index in [2.05, 4.69) is 10.6 Å². The molecule has 1 aromatic carbocycles. The number of imide groups is 2. The van der Waals surface area contributed by atoms with Crippen LogP contribution in [0.1, 0.15) is 19.4 Å². The first-order valence-electron chi connectivity index (χ1n) is 8.96. The van der Waals surface area contributed by atoms with Crippen LogP contribution in [0.4, 0.5) is 10.5 Å². The van der Waals surface area contributed by atoms with Crippen LogP contribution in [0.2, 0.25) is 0 Å². The van der Waals surface area contributed by atoms with E-state index in [1.165, 1.54) is 12.1 Å². The van der Waals surface area contributed by atoms with Gasteiger partial charge in [0.2, 0.25) is 11.8 Å². The number of amides is 4. The van der Waals surface area contributed by atoms with Crippen molar-refractivity contribution >= 4 is 33.4 Å². The summed E-state index contributed by atoms with van der Waals surface area (Å²) >= 11 is 0. The minimum Gasteiger partial charge on any atom is -0.372 e. The fourth-order valence-corrected chi connectivity index (χ4v) is 5.33. The Bertz CT molecular complexity index is 985. The van der Waals surface area contributed by atoms with Crippen molar-refractivity contribution in [1.82, 2.24) is 10.6 Å². The lowest BCUT2D eigenvalue weighted by molar-refractivity contribution is -0.153. The van der Waals surface area contributed by atoms with Crippen LogP contribution >= 0.6 is 0 Å². The smallest absolute Gasteiger partial charge is 0.328 e. The van der Waals surface area contributed by atoms with E-state index in [1.54, 1.807) is 13.0 Å². The molecule has 0 saturated carbocycles. The average Bonchev–Trinajstić information content (AvgIpc) is 2.57. The van der Waals surface area contributed by atoms with Gasteiger partial charge in [-0.1, -0.05) is 0 Å². The maximum absolute atomic E-state index is 13.0. The lowest BCUT2D eigenvalue weighted by Crippen LogP contribution is -2.75. The van der Waals surface area contributed by atoms with Crippen LogP contribution in [0.15, 0.2) is 23.1 Å². The van der Waals surface area contributed by atoms with Crippen LogP contribution in [0.3, 0.4) is 0 Å². The largest absolute Gasteiger partial charge is 0.372 e. The Morgan fingerprint density at radius 3 is 2.39 bits per heavy atom. The van der Waals surface area contributed by atoms with Crippen molar-refractivity contribution in [2.45, 2.75) is 43.4 Å². The Morgan fingerprint density at radius 1 is 1.14 bits per heavy atom. The van der Waals surface area contributed by atoms with Gasteiger partial charge in [0.05, 0.1) is 23.1 Å². The number of ether oxygens (including phenoxy) is 1. The average molecular weight is 407 g/mol. The van der Waals surface area contributed by atoms with Crippen LogP contribution in [0.5, 0.6) is 0 Å². The van der Waals surface area contributed by atoms with E-state index in [-0.39, 0.29) is 17.4 Å². The first-order chi connectivity index (χ1) is 13.0. The highest BCUT2D eigenvalue weighted by Crippen LogP contribution is 2.47. The summed E-state index contributed by atoms with van der Waals surface area (Å²) in [7, 11) is -3.46. The normalized spacial score (nSPS) is 29.0. The summed E-state index contributed by atoms with van der Waals surface area (Å²) in [6.45, 7) is 4.11. The topological polar surface area (TPSA) is 122 Å². The molecule has 4 amide bonds. The number of carbonyl (C=O) groups excluding carboxylic acids is 3. The van der Waals surface area contributed by atoms with Crippen LogP contribution in [-0.4, -0.2) is 57.3 Å². The van der Waals surface area contributed by atoms with Crippen LogP contribution in [-0.2, 0) is 30.6 Å². The van der Waals surface area contributed by atoms with Gasteiger partial charge in [0.25, 0.3) is 0 Å². The molecule has 3 atom stereocenters. The molecule has 2 N–H and O–H groups in total. The number of fused-ring (bicyclic) bond motifs is 4. The summed E-state index contributed by atoms with van der Waals surface area (Å²) < 4.78 is 29.9. The molecule has 0 radical (unpaired) electrons. The molecule has 2 saturated heterocycles. The van der Waals surface area contributed by atoms with Gasteiger partial charge >= 0.3 is 6.03 Å². The first-order valence-corrected chi connectivity index (χ1v) is 10.8. The van der Waals surface area contributed by atoms with E-state index < -0.39 is 45.2 Å². The van der Waals surface area contributed by atoms with E-state index in [9.17, 15) is 22.8 Å². The third-order valence-corrected chi connectivity index (χ3v) is 6.82. The van der Waals surface area contributed by atoms with Gasteiger partial charge in [-0.15, -0.1) is 0 Å². The van der Waals surface area contributed by atoms with Crippen LogP contribution in [0.25, 0.3) is 0 Å². The Balaban J connectivity index is 1.93. The second kappa shape index (κ2) is 6.02.